The second kappa shape index (κ2) is 16.0. The Bertz CT molecular complexity index is 1090. The summed E-state index contributed by atoms with van der Waals surface area (Å²) in [6.07, 6.45) is 3.05. The Morgan fingerprint density at radius 1 is 0.789 bits per heavy atom. The molecule has 2 aromatic rings. The first-order chi connectivity index (χ1) is 17.7. The summed E-state index contributed by atoms with van der Waals surface area (Å²) in [6.45, 7) is 7.88. The summed E-state index contributed by atoms with van der Waals surface area (Å²) in [5.74, 6) is -0.938. The van der Waals surface area contributed by atoms with Gasteiger partial charge in [-0.2, -0.15) is 0 Å². The van der Waals surface area contributed by atoms with Crippen molar-refractivity contribution in [2.75, 3.05) is 0 Å². The third-order valence-electron chi connectivity index (χ3n) is 4.66. The van der Waals surface area contributed by atoms with Gasteiger partial charge in [0.25, 0.3) is 0 Å². The number of nitrogens with two attached hydrogens (primary N) is 1. The van der Waals surface area contributed by atoms with E-state index in [4.69, 9.17) is 25.1 Å². The summed E-state index contributed by atoms with van der Waals surface area (Å²) in [7, 11) is 0. The second-order valence-corrected chi connectivity index (χ2v) is 8.88. The van der Waals surface area contributed by atoms with E-state index in [1.807, 2.05) is 19.9 Å². The molecule has 0 bridgehead atoms. The lowest BCUT2D eigenvalue weighted by atomic mass is 9.98. The van der Waals surface area contributed by atoms with Crippen LogP contribution in [0.5, 0.6) is 17.2 Å². The molecule has 38 heavy (non-hydrogen) atoms. The van der Waals surface area contributed by atoms with Crippen LogP contribution >= 0.6 is 0 Å². The number of rotatable bonds is 10. The summed E-state index contributed by atoms with van der Waals surface area (Å²) in [5, 5.41) is 17.6. The number of hydrogen-bond donors (Lipinski definition) is 3. The van der Waals surface area contributed by atoms with E-state index in [0.29, 0.717) is 23.7 Å². The SMILES string of the molecule is CC(=O)Oc1ccc(/C=C/c2cc(OC(C)=O)cc(OC(C)=O)c2)cc1.CC(C)C[C@H](N)[C@@H](O)CC(=O)O. The number of hydrogen-bond acceptors (Lipinski definition) is 9. The van der Waals surface area contributed by atoms with Gasteiger partial charge >= 0.3 is 23.9 Å². The maximum atomic E-state index is 11.2. The molecule has 0 amide bonds. The number of aliphatic hydroxyl groups is 1. The quantitative estimate of drug-likeness (QED) is 0.234. The standard InChI is InChI=1S/C20H18O6.C8H17NO3/c1-13(21)24-18-8-6-16(7-9-18)4-5-17-10-19(25-14(2)22)12-20(11-17)26-15(3)23;1-5(2)3-6(9)7(10)4-8(11)12/h4-12H,1-3H3;5-7,10H,3-4,9H2,1-2H3,(H,11,12)/b5-4+;/t;6-,7-/m.0/s1. The first-order valence-corrected chi connectivity index (χ1v) is 11.9. The molecule has 10 nitrogen and oxygen atoms in total. The Balaban J connectivity index is 0.000000508. The molecule has 0 radical (unpaired) electrons. The summed E-state index contributed by atoms with van der Waals surface area (Å²) in [4.78, 5) is 43.4. The highest BCUT2D eigenvalue weighted by Crippen LogP contribution is 2.25. The zero-order chi connectivity index (χ0) is 28.8. The van der Waals surface area contributed by atoms with Crippen LogP contribution in [0.15, 0.2) is 42.5 Å². The van der Waals surface area contributed by atoms with E-state index in [1.165, 1.54) is 26.8 Å². The van der Waals surface area contributed by atoms with Gasteiger partial charge in [-0.05, 0) is 47.7 Å². The fraction of sp³-hybridized carbons (Fsp3) is 0.357. The average molecular weight is 530 g/mol. The predicted octanol–water partition coefficient (Wildman–Crippen LogP) is 3.83. The highest BCUT2D eigenvalue weighted by molar-refractivity contribution is 5.75. The molecular formula is C28H35NO9. The molecule has 0 fully saturated rings. The summed E-state index contributed by atoms with van der Waals surface area (Å²) >= 11 is 0. The van der Waals surface area contributed by atoms with Crippen molar-refractivity contribution in [1.82, 2.24) is 0 Å². The Morgan fingerprint density at radius 2 is 1.24 bits per heavy atom. The van der Waals surface area contributed by atoms with Crippen LogP contribution in [-0.2, 0) is 19.2 Å². The Morgan fingerprint density at radius 3 is 1.66 bits per heavy atom. The van der Waals surface area contributed by atoms with E-state index in [1.54, 1.807) is 42.5 Å². The Kier molecular flexibility index (Phi) is 13.4. The molecule has 2 atom stereocenters. The molecule has 206 valence electrons. The van der Waals surface area contributed by atoms with Gasteiger partial charge in [0.05, 0.1) is 12.5 Å². The van der Waals surface area contributed by atoms with Gasteiger partial charge in [-0.15, -0.1) is 0 Å². The molecule has 2 rings (SSSR count). The molecule has 0 spiro atoms. The van der Waals surface area contributed by atoms with Crippen molar-refractivity contribution < 1.29 is 43.6 Å². The molecule has 0 aliphatic carbocycles. The third kappa shape index (κ3) is 13.9. The van der Waals surface area contributed by atoms with E-state index in [9.17, 15) is 24.3 Å². The van der Waals surface area contributed by atoms with Crippen LogP contribution in [0.4, 0.5) is 0 Å². The van der Waals surface area contributed by atoms with Crippen molar-refractivity contribution in [3.05, 3.63) is 53.6 Å². The van der Waals surface area contributed by atoms with Gasteiger partial charge in [-0.25, -0.2) is 0 Å². The van der Waals surface area contributed by atoms with Crippen LogP contribution < -0.4 is 19.9 Å². The lowest BCUT2D eigenvalue weighted by Gasteiger charge is -2.18. The van der Waals surface area contributed by atoms with Crippen molar-refractivity contribution in [2.45, 2.75) is 59.6 Å². The molecule has 0 aliphatic heterocycles. The lowest BCUT2D eigenvalue weighted by molar-refractivity contribution is -0.139. The van der Waals surface area contributed by atoms with Crippen LogP contribution in [0.2, 0.25) is 0 Å². The van der Waals surface area contributed by atoms with E-state index in [0.717, 1.165) is 5.56 Å². The minimum atomic E-state index is -1.01. The van der Waals surface area contributed by atoms with Gasteiger partial charge < -0.3 is 30.2 Å². The number of carboxylic acid groups (broad SMARTS) is 1. The number of esters is 3. The summed E-state index contributed by atoms with van der Waals surface area (Å²) < 4.78 is 15.1. The minimum absolute atomic E-state index is 0.270. The molecule has 0 saturated heterocycles. The monoisotopic (exact) mass is 529 g/mol. The Hall–Kier alpha value is -4.02. The highest BCUT2D eigenvalue weighted by atomic mass is 16.5. The van der Waals surface area contributed by atoms with Gasteiger partial charge in [0.15, 0.2) is 0 Å². The van der Waals surface area contributed by atoms with E-state index < -0.39 is 30.1 Å². The topological polar surface area (TPSA) is 162 Å². The summed E-state index contributed by atoms with van der Waals surface area (Å²) in [5.41, 5.74) is 7.11. The molecule has 0 unspecified atom stereocenters. The van der Waals surface area contributed by atoms with E-state index in [2.05, 4.69) is 0 Å². The Labute approximate surface area is 222 Å². The average Bonchev–Trinajstić information content (AvgIpc) is 2.77. The second-order valence-electron chi connectivity index (χ2n) is 8.88. The van der Waals surface area contributed by atoms with Crippen molar-refractivity contribution in [1.29, 1.82) is 0 Å². The molecule has 2 aromatic carbocycles. The third-order valence-corrected chi connectivity index (χ3v) is 4.66. The molecule has 0 aromatic heterocycles. The zero-order valence-electron chi connectivity index (χ0n) is 22.2. The molecule has 4 N–H and O–H groups in total. The van der Waals surface area contributed by atoms with Crippen LogP contribution in [0, 0.1) is 5.92 Å². The van der Waals surface area contributed by atoms with Gasteiger partial charge in [0.2, 0.25) is 0 Å². The van der Waals surface area contributed by atoms with Gasteiger partial charge in [0.1, 0.15) is 17.2 Å². The van der Waals surface area contributed by atoms with Gasteiger partial charge in [0, 0.05) is 32.9 Å². The maximum absolute atomic E-state index is 11.2. The van der Waals surface area contributed by atoms with Gasteiger partial charge in [-0.3, -0.25) is 19.2 Å². The van der Waals surface area contributed by atoms with Crippen LogP contribution in [0.25, 0.3) is 12.2 Å². The van der Waals surface area contributed by atoms with E-state index in [-0.39, 0.29) is 23.9 Å². The highest BCUT2D eigenvalue weighted by Gasteiger charge is 2.18. The normalized spacial score (nSPS) is 12.2. The fourth-order valence-corrected chi connectivity index (χ4v) is 3.18. The number of carboxylic acids is 1. The number of ether oxygens (including phenoxy) is 3. The van der Waals surface area contributed by atoms with Crippen LogP contribution in [0.1, 0.15) is 58.6 Å². The number of benzene rings is 2. The van der Waals surface area contributed by atoms with Crippen LogP contribution in [0.3, 0.4) is 0 Å². The van der Waals surface area contributed by atoms with Crippen molar-refractivity contribution in [2.24, 2.45) is 11.7 Å². The van der Waals surface area contributed by atoms with Crippen molar-refractivity contribution >= 4 is 36.0 Å². The predicted molar refractivity (Wildman–Crippen MR) is 141 cm³/mol. The molecule has 0 aliphatic rings. The number of carbonyl (C=O) groups excluding carboxylic acids is 3. The largest absolute Gasteiger partial charge is 0.481 e. The lowest BCUT2D eigenvalue weighted by Crippen LogP contribution is -2.37. The molecule has 0 heterocycles. The van der Waals surface area contributed by atoms with Gasteiger partial charge in [-0.1, -0.05) is 38.1 Å². The maximum Gasteiger partial charge on any atom is 0.308 e. The number of carbonyl (C=O) groups is 4. The number of aliphatic hydroxyl groups excluding tert-OH is 1. The summed E-state index contributed by atoms with van der Waals surface area (Å²) in [6, 6.07) is 11.3. The van der Waals surface area contributed by atoms with Crippen molar-refractivity contribution in [3.63, 3.8) is 0 Å². The molecular weight excluding hydrogens is 494 g/mol. The fourth-order valence-electron chi connectivity index (χ4n) is 3.18. The zero-order valence-corrected chi connectivity index (χ0v) is 22.2. The first-order valence-electron chi connectivity index (χ1n) is 11.9. The molecule has 10 heteroatoms. The van der Waals surface area contributed by atoms with Crippen LogP contribution in [-0.4, -0.2) is 46.2 Å². The van der Waals surface area contributed by atoms with E-state index >= 15 is 0 Å². The first kappa shape index (κ1) is 32.0. The van der Waals surface area contributed by atoms with Crippen molar-refractivity contribution in [3.8, 4) is 17.2 Å². The minimum Gasteiger partial charge on any atom is -0.481 e. The number of aliphatic carboxylic acids is 1. The molecule has 0 saturated carbocycles. The smallest absolute Gasteiger partial charge is 0.308 e.